The van der Waals surface area contributed by atoms with Crippen LogP contribution in [-0.4, -0.2) is 59.4 Å². The van der Waals surface area contributed by atoms with E-state index in [1.807, 2.05) is 0 Å². The number of anilines is 1. The summed E-state index contributed by atoms with van der Waals surface area (Å²) in [5.41, 5.74) is 1.36. The molecule has 1 aromatic carbocycles. The predicted molar refractivity (Wildman–Crippen MR) is 103 cm³/mol. The summed E-state index contributed by atoms with van der Waals surface area (Å²) in [6, 6.07) is 5.61. The van der Waals surface area contributed by atoms with E-state index in [0.717, 1.165) is 25.9 Å². The highest BCUT2D eigenvalue weighted by atomic mass is 16.6. The molecule has 0 bridgehead atoms. The van der Waals surface area contributed by atoms with Gasteiger partial charge in [-0.2, -0.15) is 0 Å². The van der Waals surface area contributed by atoms with Crippen LogP contribution in [0.5, 0.6) is 0 Å². The summed E-state index contributed by atoms with van der Waals surface area (Å²) in [5, 5.41) is 13.6. The predicted octanol–water partition coefficient (Wildman–Crippen LogP) is 3.04. The SMILES string of the molecule is Cc1cc([N+](=O)[O-])ccc1NC(=O)CCN(C)C1CCN(C(C)C)CC1. The van der Waals surface area contributed by atoms with E-state index in [4.69, 9.17) is 0 Å². The Hall–Kier alpha value is -1.99. The lowest BCUT2D eigenvalue weighted by atomic mass is 10.0. The Kier molecular flexibility index (Phi) is 7.11. The van der Waals surface area contributed by atoms with Gasteiger partial charge in [-0.3, -0.25) is 14.9 Å². The Balaban J connectivity index is 1.79. The highest BCUT2D eigenvalue weighted by Crippen LogP contribution is 2.21. The van der Waals surface area contributed by atoms with Gasteiger partial charge in [-0.05, 0) is 65.4 Å². The second-order valence-corrected chi connectivity index (χ2v) is 7.40. The minimum absolute atomic E-state index is 0.0352. The molecule has 1 amide bonds. The van der Waals surface area contributed by atoms with Crippen molar-refractivity contribution >= 4 is 17.3 Å². The molecule has 1 aliphatic rings. The first-order chi connectivity index (χ1) is 12.3. The van der Waals surface area contributed by atoms with Crippen LogP contribution in [0.4, 0.5) is 11.4 Å². The topological polar surface area (TPSA) is 78.7 Å². The number of non-ortho nitro benzene ring substituents is 1. The van der Waals surface area contributed by atoms with E-state index in [0.29, 0.717) is 36.3 Å². The molecule has 1 heterocycles. The van der Waals surface area contributed by atoms with E-state index < -0.39 is 4.92 Å². The maximum Gasteiger partial charge on any atom is 0.269 e. The first kappa shape index (κ1) is 20.3. The zero-order valence-electron chi connectivity index (χ0n) is 16.2. The molecule has 144 valence electrons. The van der Waals surface area contributed by atoms with E-state index in [-0.39, 0.29) is 11.6 Å². The fraction of sp³-hybridized carbons (Fsp3) is 0.632. The van der Waals surface area contributed by atoms with Crippen molar-refractivity contribution in [2.45, 2.75) is 52.1 Å². The summed E-state index contributed by atoms with van der Waals surface area (Å²) in [7, 11) is 2.08. The Morgan fingerprint density at radius 1 is 1.38 bits per heavy atom. The van der Waals surface area contributed by atoms with Crippen molar-refractivity contribution in [2.75, 3.05) is 32.0 Å². The van der Waals surface area contributed by atoms with E-state index in [2.05, 4.69) is 36.0 Å². The number of carbonyl (C=O) groups excluding carboxylic acids is 1. The average molecular weight is 362 g/mol. The second kappa shape index (κ2) is 9.09. The number of aryl methyl sites for hydroxylation is 1. The lowest BCUT2D eigenvalue weighted by molar-refractivity contribution is -0.384. The van der Waals surface area contributed by atoms with Crippen molar-refractivity contribution in [3.8, 4) is 0 Å². The Labute approximate surface area is 155 Å². The number of hydrogen-bond acceptors (Lipinski definition) is 5. The molecule has 1 aliphatic heterocycles. The number of piperidine rings is 1. The average Bonchev–Trinajstić information content (AvgIpc) is 2.61. The lowest BCUT2D eigenvalue weighted by Gasteiger charge is -2.38. The van der Waals surface area contributed by atoms with E-state index in [9.17, 15) is 14.9 Å². The molecule has 0 spiro atoms. The summed E-state index contributed by atoms with van der Waals surface area (Å²) < 4.78 is 0. The molecular formula is C19H30N4O3. The summed E-state index contributed by atoms with van der Waals surface area (Å²) in [6.07, 6.45) is 2.69. The number of hydrogen-bond donors (Lipinski definition) is 1. The lowest BCUT2D eigenvalue weighted by Crippen LogP contribution is -2.46. The first-order valence-corrected chi connectivity index (χ1v) is 9.27. The van der Waals surface area contributed by atoms with Gasteiger partial charge in [0, 0.05) is 42.9 Å². The number of likely N-dealkylation sites (tertiary alicyclic amines) is 1. The third kappa shape index (κ3) is 5.51. The number of benzene rings is 1. The van der Waals surface area contributed by atoms with Crippen LogP contribution in [0, 0.1) is 17.0 Å². The Bertz CT molecular complexity index is 640. The molecule has 0 atom stereocenters. The van der Waals surface area contributed by atoms with Crippen LogP contribution in [-0.2, 0) is 4.79 Å². The summed E-state index contributed by atoms with van der Waals surface area (Å²) in [5.74, 6) is -0.0616. The van der Waals surface area contributed by atoms with E-state index >= 15 is 0 Å². The number of nitrogens with zero attached hydrogens (tertiary/aromatic N) is 3. The van der Waals surface area contributed by atoms with Gasteiger partial charge in [-0.1, -0.05) is 0 Å². The molecule has 2 rings (SSSR count). The van der Waals surface area contributed by atoms with E-state index in [1.165, 1.54) is 12.1 Å². The van der Waals surface area contributed by atoms with Crippen LogP contribution in [0.2, 0.25) is 0 Å². The van der Waals surface area contributed by atoms with Crippen LogP contribution in [0.3, 0.4) is 0 Å². The van der Waals surface area contributed by atoms with Crippen molar-refractivity contribution in [1.29, 1.82) is 0 Å². The minimum Gasteiger partial charge on any atom is -0.326 e. The van der Waals surface area contributed by atoms with Gasteiger partial charge in [0.2, 0.25) is 5.91 Å². The highest BCUT2D eigenvalue weighted by Gasteiger charge is 2.23. The van der Waals surface area contributed by atoms with Gasteiger partial charge >= 0.3 is 0 Å². The fourth-order valence-electron chi connectivity index (χ4n) is 3.42. The molecule has 0 radical (unpaired) electrons. The molecule has 0 saturated carbocycles. The molecule has 26 heavy (non-hydrogen) atoms. The zero-order chi connectivity index (χ0) is 19.3. The van der Waals surface area contributed by atoms with Gasteiger partial charge in [0.25, 0.3) is 5.69 Å². The molecule has 7 nitrogen and oxygen atoms in total. The summed E-state index contributed by atoms with van der Waals surface area (Å²) in [6.45, 7) is 9.16. The van der Waals surface area contributed by atoms with Crippen LogP contribution in [0.1, 0.15) is 38.7 Å². The molecule has 0 aliphatic carbocycles. The van der Waals surface area contributed by atoms with Crippen LogP contribution < -0.4 is 5.32 Å². The molecule has 1 saturated heterocycles. The third-order valence-corrected chi connectivity index (χ3v) is 5.24. The molecule has 1 N–H and O–H groups in total. The van der Waals surface area contributed by atoms with Gasteiger partial charge in [-0.15, -0.1) is 0 Å². The standard InChI is InChI=1S/C19H30N4O3/c1-14(2)22-11-7-16(8-12-22)21(4)10-9-19(24)20-18-6-5-17(23(25)26)13-15(18)3/h5-6,13-14,16H,7-12H2,1-4H3,(H,20,24). The quantitative estimate of drug-likeness (QED) is 0.596. The monoisotopic (exact) mass is 362 g/mol. The summed E-state index contributed by atoms with van der Waals surface area (Å²) >= 11 is 0. The second-order valence-electron chi connectivity index (χ2n) is 7.40. The van der Waals surface area contributed by atoms with Crippen molar-refractivity contribution in [1.82, 2.24) is 9.80 Å². The summed E-state index contributed by atoms with van der Waals surface area (Å²) in [4.78, 5) is 27.4. The van der Waals surface area contributed by atoms with Crippen molar-refractivity contribution < 1.29 is 9.72 Å². The number of rotatable bonds is 7. The van der Waals surface area contributed by atoms with Gasteiger partial charge in [0.05, 0.1) is 4.92 Å². The van der Waals surface area contributed by atoms with Gasteiger partial charge in [0.1, 0.15) is 0 Å². The van der Waals surface area contributed by atoms with Gasteiger partial charge in [0.15, 0.2) is 0 Å². The number of nitrogens with one attached hydrogen (secondary N) is 1. The number of amides is 1. The first-order valence-electron chi connectivity index (χ1n) is 9.27. The maximum absolute atomic E-state index is 12.2. The van der Waals surface area contributed by atoms with Crippen molar-refractivity contribution in [2.24, 2.45) is 0 Å². The normalized spacial score (nSPS) is 16.2. The number of nitro benzene ring substituents is 1. The Morgan fingerprint density at radius 3 is 2.58 bits per heavy atom. The van der Waals surface area contributed by atoms with Gasteiger partial charge < -0.3 is 15.1 Å². The third-order valence-electron chi connectivity index (χ3n) is 5.24. The van der Waals surface area contributed by atoms with Crippen molar-refractivity contribution in [3.05, 3.63) is 33.9 Å². The smallest absolute Gasteiger partial charge is 0.269 e. The largest absolute Gasteiger partial charge is 0.326 e. The van der Waals surface area contributed by atoms with E-state index in [1.54, 1.807) is 13.0 Å². The fourth-order valence-corrected chi connectivity index (χ4v) is 3.42. The number of nitro groups is 1. The Morgan fingerprint density at radius 2 is 2.04 bits per heavy atom. The highest BCUT2D eigenvalue weighted by molar-refractivity contribution is 5.91. The van der Waals surface area contributed by atoms with Crippen LogP contribution >= 0.6 is 0 Å². The maximum atomic E-state index is 12.2. The van der Waals surface area contributed by atoms with Crippen molar-refractivity contribution in [3.63, 3.8) is 0 Å². The van der Waals surface area contributed by atoms with Gasteiger partial charge in [-0.25, -0.2) is 0 Å². The molecule has 0 unspecified atom stereocenters. The number of carbonyl (C=O) groups is 1. The van der Waals surface area contributed by atoms with Crippen LogP contribution in [0.25, 0.3) is 0 Å². The minimum atomic E-state index is -0.432. The molecule has 1 fully saturated rings. The zero-order valence-corrected chi connectivity index (χ0v) is 16.2. The molecule has 1 aromatic rings. The molecular weight excluding hydrogens is 332 g/mol. The molecule has 7 heteroatoms. The molecule has 0 aromatic heterocycles. The van der Waals surface area contributed by atoms with Crippen LogP contribution in [0.15, 0.2) is 18.2 Å².